The molecular weight excluding hydrogens is 448 g/mol. The molecule has 0 radical (unpaired) electrons. The van der Waals surface area contributed by atoms with Gasteiger partial charge < -0.3 is 24.7 Å². The largest absolute Gasteiger partial charge is 0.481 e. The molecule has 1 aliphatic carbocycles. The number of aliphatic carboxylic acids is 1. The van der Waals surface area contributed by atoms with Gasteiger partial charge in [0.15, 0.2) is 0 Å². The van der Waals surface area contributed by atoms with Crippen LogP contribution in [0.15, 0.2) is 43.0 Å². The van der Waals surface area contributed by atoms with Gasteiger partial charge in [0, 0.05) is 12.6 Å². The van der Waals surface area contributed by atoms with Crippen molar-refractivity contribution >= 4 is 17.8 Å². The average molecular weight is 483 g/mol. The maximum atomic E-state index is 14.4. The third-order valence-electron chi connectivity index (χ3n) is 8.57. The first kappa shape index (κ1) is 24.0. The normalized spacial score (nSPS) is 32.9. The van der Waals surface area contributed by atoms with Crippen LogP contribution in [-0.4, -0.2) is 74.7 Å². The average Bonchev–Trinajstić information content (AvgIpc) is 3.52. The molecule has 5 rings (SSSR count). The number of amides is 2. The number of fused-ring (bicyclic) bond motifs is 1. The summed E-state index contributed by atoms with van der Waals surface area (Å²) in [4.78, 5) is 44.0. The fourth-order valence-corrected chi connectivity index (χ4v) is 7.13. The molecule has 3 heterocycles. The second-order valence-electron chi connectivity index (χ2n) is 10.3. The second-order valence-corrected chi connectivity index (χ2v) is 10.3. The Morgan fingerprint density at radius 2 is 1.91 bits per heavy atom. The zero-order chi connectivity index (χ0) is 24.7. The highest BCUT2D eigenvalue weighted by atomic mass is 16.5. The van der Waals surface area contributed by atoms with Crippen LogP contribution in [-0.2, 0) is 19.1 Å². The van der Waals surface area contributed by atoms with Gasteiger partial charge in [-0.15, -0.1) is 6.58 Å². The smallest absolute Gasteiger partial charge is 0.310 e. The van der Waals surface area contributed by atoms with Crippen LogP contribution in [0.25, 0.3) is 0 Å². The van der Waals surface area contributed by atoms with Gasteiger partial charge in [-0.1, -0.05) is 55.7 Å². The van der Waals surface area contributed by atoms with E-state index < -0.39 is 47.5 Å². The Morgan fingerprint density at radius 1 is 1.20 bits per heavy atom. The number of carboxylic acids is 1. The van der Waals surface area contributed by atoms with Gasteiger partial charge in [-0.05, 0) is 31.2 Å². The molecule has 1 spiro atoms. The Kier molecular flexibility index (Phi) is 6.44. The zero-order valence-corrected chi connectivity index (χ0v) is 19.9. The minimum atomic E-state index is -1.20. The molecule has 1 saturated carbocycles. The number of nitrogens with zero attached hydrogens (tertiary/aromatic N) is 2. The first-order chi connectivity index (χ1) is 16.9. The molecule has 1 aromatic rings. The monoisotopic (exact) mass is 482 g/mol. The number of aliphatic hydroxyl groups excluding tert-OH is 1. The molecule has 3 aliphatic heterocycles. The first-order valence-electron chi connectivity index (χ1n) is 12.7. The predicted molar refractivity (Wildman–Crippen MR) is 127 cm³/mol. The molecule has 2 amide bonds. The van der Waals surface area contributed by atoms with Gasteiger partial charge in [0.05, 0.1) is 30.6 Å². The Labute approximate surface area is 205 Å². The van der Waals surface area contributed by atoms with Crippen LogP contribution in [0.4, 0.5) is 0 Å². The van der Waals surface area contributed by atoms with E-state index in [1.807, 2.05) is 35.2 Å². The molecule has 6 atom stereocenters. The SMILES string of the molecule is C=CCN(C(=O)[C@H]1N([C@H](CO)c2ccccc2)C(=O)[C@@H]2[C@@H](C(=O)O)[C@H]3CC[C@]21O3)C1CCCCC1. The number of ether oxygens (including phenoxy) is 1. The number of carboxylic acid groups (broad SMARTS) is 1. The fourth-order valence-electron chi connectivity index (χ4n) is 7.13. The minimum Gasteiger partial charge on any atom is -0.481 e. The zero-order valence-electron chi connectivity index (χ0n) is 19.9. The quantitative estimate of drug-likeness (QED) is 0.552. The van der Waals surface area contributed by atoms with Crippen LogP contribution in [0, 0.1) is 11.8 Å². The van der Waals surface area contributed by atoms with Crippen molar-refractivity contribution in [3.05, 3.63) is 48.6 Å². The van der Waals surface area contributed by atoms with E-state index in [-0.39, 0.29) is 18.6 Å². The van der Waals surface area contributed by atoms with Crippen molar-refractivity contribution < 1.29 is 29.3 Å². The summed E-state index contributed by atoms with van der Waals surface area (Å²) >= 11 is 0. The number of carbonyl (C=O) groups excluding carboxylic acids is 2. The minimum absolute atomic E-state index is 0.0415. The molecule has 2 bridgehead atoms. The van der Waals surface area contributed by atoms with E-state index in [0.29, 0.717) is 24.9 Å². The predicted octanol–water partition coefficient (Wildman–Crippen LogP) is 2.53. The molecule has 188 valence electrons. The van der Waals surface area contributed by atoms with E-state index in [4.69, 9.17) is 4.74 Å². The van der Waals surface area contributed by atoms with Crippen molar-refractivity contribution in [2.75, 3.05) is 13.2 Å². The van der Waals surface area contributed by atoms with E-state index in [2.05, 4.69) is 6.58 Å². The van der Waals surface area contributed by atoms with Crippen molar-refractivity contribution in [3.8, 4) is 0 Å². The molecule has 35 heavy (non-hydrogen) atoms. The van der Waals surface area contributed by atoms with Gasteiger partial charge in [-0.2, -0.15) is 0 Å². The Morgan fingerprint density at radius 3 is 2.54 bits per heavy atom. The Hall–Kier alpha value is -2.71. The number of benzene rings is 1. The summed E-state index contributed by atoms with van der Waals surface area (Å²) in [6.07, 6.45) is 7.06. The van der Waals surface area contributed by atoms with Crippen molar-refractivity contribution in [2.24, 2.45) is 11.8 Å². The molecule has 2 N–H and O–H groups in total. The molecule has 4 fully saturated rings. The molecular formula is C27H34N2O6. The van der Waals surface area contributed by atoms with Crippen molar-refractivity contribution in [2.45, 2.75) is 74.8 Å². The second kappa shape index (κ2) is 9.39. The number of likely N-dealkylation sites (tertiary alicyclic amines) is 1. The van der Waals surface area contributed by atoms with Crippen LogP contribution in [0.2, 0.25) is 0 Å². The summed E-state index contributed by atoms with van der Waals surface area (Å²) in [5, 5.41) is 20.5. The van der Waals surface area contributed by atoms with Crippen molar-refractivity contribution in [3.63, 3.8) is 0 Å². The summed E-state index contributed by atoms with van der Waals surface area (Å²) in [5.74, 6) is -3.65. The van der Waals surface area contributed by atoms with Crippen LogP contribution < -0.4 is 0 Å². The first-order valence-corrected chi connectivity index (χ1v) is 12.7. The number of carbonyl (C=O) groups is 3. The summed E-state index contributed by atoms with van der Waals surface area (Å²) in [6.45, 7) is 3.83. The number of rotatable bonds is 8. The van der Waals surface area contributed by atoms with E-state index >= 15 is 0 Å². The fraction of sp³-hybridized carbons (Fsp3) is 0.593. The van der Waals surface area contributed by atoms with Crippen molar-refractivity contribution in [1.29, 1.82) is 0 Å². The van der Waals surface area contributed by atoms with Crippen LogP contribution in [0.3, 0.4) is 0 Å². The van der Waals surface area contributed by atoms with Gasteiger partial charge in [0.25, 0.3) is 0 Å². The lowest BCUT2D eigenvalue weighted by Gasteiger charge is -2.42. The molecule has 3 saturated heterocycles. The maximum Gasteiger partial charge on any atom is 0.310 e. The Balaban J connectivity index is 1.61. The third kappa shape index (κ3) is 3.69. The number of hydrogen-bond donors (Lipinski definition) is 2. The highest BCUT2D eigenvalue weighted by Crippen LogP contribution is 2.60. The number of aliphatic hydroxyl groups is 1. The van der Waals surface area contributed by atoms with Gasteiger partial charge in [0.2, 0.25) is 11.8 Å². The summed E-state index contributed by atoms with van der Waals surface area (Å²) in [6, 6.07) is 7.40. The van der Waals surface area contributed by atoms with E-state index in [1.54, 1.807) is 6.08 Å². The van der Waals surface area contributed by atoms with Crippen molar-refractivity contribution in [1.82, 2.24) is 9.80 Å². The van der Waals surface area contributed by atoms with Gasteiger partial charge in [-0.25, -0.2) is 0 Å². The maximum absolute atomic E-state index is 14.4. The molecule has 8 heteroatoms. The lowest BCUT2D eigenvalue weighted by atomic mass is 9.70. The van der Waals surface area contributed by atoms with Crippen LogP contribution >= 0.6 is 0 Å². The van der Waals surface area contributed by atoms with Crippen LogP contribution in [0.1, 0.15) is 56.6 Å². The summed E-state index contributed by atoms with van der Waals surface area (Å²) in [5.41, 5.74) is -0.495. The third-order valence-corrected chi connectivity index (χ3v) is 8.57. The molecule has 8 nitrogen and oxygen atoms in total. The van der Waals surface area contributed by atoms with Gasteiger partial charge >= 0.3 is 5.97 Å². The summed E-state index contributed by atoms with van der Waals surface area (Å²) in [7, 11) is 0. The molecule has 4 aliphatic rings. The van der Waals surface area contributed by atoms with Gasteiger partial charge in [0.1, 0.15) is 11.6 Å². The van der Waals surface area contributed by atoms with Gasteiger partial charge in [-0.3, -0.25) is 14.4 Å². The Bertz CT molecular complexity index is 993. The molecule has 0 aromatic heterocycles. The topological polar surface area (TPSA) is 107 Å². The van der Waals surface area contributed by atoms with Crippen LogP contribution in [0.5, 0.6) is 0 Å². The van der Waals surface area contributed by atoms with E-state index in [1.165, 1.54) is 4.90 Å². The summed E-state index contributed by atoms with van der Waals surface area (Å²) < 4.78 is 6.34. The molecule has 1 aromatic carbocycles. The number of hydrogen-bond acceptors (Lipinski definition) is 5. The van der Waals surface area contributed by atoms with E-state index in [9.17, 15) is 24.6 Å². The molecule has 0 unspecified atom stereocenters. The lowest BCUT2D eigenvalue weighted by molar-refractivity contribution is -0.154. The van der Waals surface area contributed by atoms with E-state index in [0.717, 1.165) is 32.1 Å². The lowest BCUT2D eigenvalue weighted by Crippen LogP contribution is -2.59. The highest BCUT2D eigenvalue weighted by Gasteiger charge is 2.75. The highest BCUT2D eigenvalue weighted by molar-refractivity contribution is 5.98. The standard InChI is InChI=1S/C27H34N2O6/c1-2-15-28(18-11-7-4-8-12-18)25(32)23-27-14-13-20(35-27)21(26(33)34)22(27)24(31)29(23)19(16-30)17-9-5-3-6-10-17/h2-3,5-6,9-10,18-23,30H,1,4,7-8,11-16H2,(H,33,34)/t19-,20-,21+,22+,23-,27+/m1/s1.